The summed E-state index contributed by atoms with van der Waals surface area (Å²) < 4.78 is 23.4. The van der Waals surface area contributed by atoms with E-state index in [0.717, 1.165) is 11.1 Å². The molecule has 150 valence electrons. The van der Waals surface area contributed by atoms with E-state index in [1.807, 2.05) is 19.1 Å². The molecule has 0 unspecified atom stereocenters. The minimum absolute atomic E-state index is 0.0541. The molecule has 8 heteroatoms. The van der Waals surface area contributed by atoms with E-state index >= 15 is 0 Å². The van der Waals surface area contributed by atoms with Crippen molar-refractivity contribution in [3.8, 4) is 11.5 Å². The van der Waals surface area contributed by atoms with Crippen LogP contribution in [0.25, 0.3) is 0 Å². The lowest BCUT2D eigenvalue weighted by Crippen LogP contribution is -2.43. The number of hydrogen-bond acceptors (Lipinski definition) is 5. The van der Waals surface area contributed by atoms with Gasteiger partial charge in [-0.15, -0.1) is 11.8 Å². The average molecular weight is 406 g/mol. The maximum absolute atomic E-state index is 12.9. The van der Waals surface area contributed by atoms with Gasteiger partial charge in [0.05, 0.1) is 26.4 Å². The molecular formula is C20H23FN2O4S. The molecule has 0 saturated carbocycles. The number of ether oxygens (including phenoxy) is 2. The molecule has 0 aromatic heterocycles. The molecule has 2 aromatic carbocycles. The van der Waals surface area contributed by atoms with Gasteiger partial charge in [-0.25, -0.2) is 4.39 Å². The molecule has 0 atom stereocenters. The summed E-state index contributed by atoms with van der Waals surface area (Å²) in [4.78, 5) is 23.7. The topological polar surface area (TPSA) is 76.7 Å². The number of nitrogens with one attached hydrogen (secondary N) is 2. The van der Waals surface area contributed by atoms with E-state index in [1.54, 1.807) is 14.2 Å². The van der Waals surface area contributed by atoms with Crippen LogP contribution in [-0.2, 0) is 21.8 Å². The lowest BCUT2D eigenvalue weighted by Gasteiger charge is -2.12. The van der Waals surface area contributed by atoms with Crippen molar-refractivity contribution in [2.45, 2.75) is 19.1 Å². The van der Waals surface area contributed by atoms with Crippen molar-refractivity contribution >= 4 is 23.6 Å². The van der Waals surface area contributed by atoms with E-state index < -0.39 is 0 Å². The average Bonchev–Trinajstić information content (AvgIpc) is 2.69. The number of thioether (sulfide) groups is 1. The summed E-state index contributed by atoms with van der Waals surface area (Å²) in [6.07, 6.45) is 0.0541. The van der Waals surface area contributed by atoms with Crippen LogP contribution in [-0.4, -0.2) is 31.8 Å². The Balaban J connectivity index is 1.75. The summed E-state index contributed by atoms with van der Waals surface area (Å²) in [5.74, 6) is 1.06. The van der Waals surface area contributed by atoms with Gasteiger partial charge in [0.2, 0.25) is 11.8 Å². The Morgan fingerprint density at radius 3 is 2.25 bits per heavy atom. The molecule has 0 bridgehead atoms. The summed E-state index contributed by atoms with van der Waals surface area (Å²) in [5, 5.41) is 0. The van der Waals surface area contributed by atoms with E-state index in [4.69, 9.17) is 9.47 Å². The molecule has 0 spiro atoms. The summed E-state index contributed by atoms with van der Waals surface area (Å²) in [5.41, 5.74) is 7.47. The quantitative estimate of drug-likeness (QED) is 0.660. The molecule has 0 aliphatic rings. The molecule has 2 aromatic rings. The van der Waals surface area contributed by atoms with Gasteiger partial charge in [0.25, 0.3) is 0 Å². The fraction of sp³-hybridized carbons (Fsp3) is 0.300. The SMILES string of the molecule is COc1cc(C)c(CSCC(=O)NNC(=O)Cc2ccc(F)cc2)cc1OC. The number of benzene rings is 2. The van der Waals surface area contributed by atoms with Gasteiger partial charge < -0.3 is 9.47 Å². The predicted molar refractivity (Wildman–Crippen MR) is 107 cm³/mol. The van der Waals surface area contributed by atoms with E-state index in [0.29, 0.717) is 22.8 Å². The first kappa shape index (κ1) is 21.6. The van der Waals surface area contributed by atoms with Crippen molar-refractivity contribution in [3.05, 3.63) is 58.9 Å². The minimum Gasteiger partial charge on any atom is -0.493 e. The van der Waals surface area contributed by atoms with Gasteiger partial charge in [0.1, 0.15) is 5.82 Å². The number of hydrazine groups is 1. The van der Waals surface area contributed by atoms with Crippen LogP contribution in [0.1, 0.15) is 16.7 Å². The van der Waals surface area contributed by atoms with Crippen LogP contribution >= 0.6 is 11.8 Å². The Hall–Kier alpha value is -2.74. The van der Waals surface area contributed by atoms with Gasteiger partial charge in [0.15, 0.2) is 11.5 Å². The van der Waals surface area contributed by atoms with E-state index in [-0.39, 0.29) is 29.8 Å². The van der Waals surface area contributed by atoms with Gasteiger partial charge in [-0.1, -0.05) is 12.1 Å². The molecule has 0 fully saturated rings. The van der Waals surface area contributed by atoms with Crippen LogP contribution in [0.4, 0.5) is 4.39 Å². The second-order valence-corrected chi connectivity index (χ2v) is 7.01. The van der Waals surface area contributed by atoms with Crippen LogP contribution in [0, 0.1) is 12.7 Å². The zero-order chi connectivity index (χ0) is 20.5. The zero-order valence-corrected chi connectivity index (χ0v) is 16.8. The van der Waals surface area contributed by atoms with E-state index in [9.17, 15) is 14.0 Å². The highest BCUT2D eigenvalue weighted by Gasteiger charge is 2.10. The number of amides is 2. The Morgan fingerprint density at radius 2 is 1.61 bits per heavy atom. The fourth-order valence-electron chi connectivity index (χ4n) is 2.44. The van der Waals surface area contributed by atoms with Crippen LogP contribution in [0.3, 0.4) is 0 Å². The Labute approximate surface area is 167 Å². The Bertz CT molecular complexity index is 828. The Morgan fingerprint density at radius 1 is 1.00 bits per heavy atom. The highest BCUT2D eigenvalue weighted by Crippen LogP contribution is 2.31. The molecule has 2 N–H and O–H groups in total. The molecule has 2 rings (SSSR count). The first-order valence-electron chi connectivity index (χ1n) is 8.54. The van der Waals surface area contributed by atoms with Gasteiger partial charge in [-0.2, -0.15) is 0 Å². The monoisotopic (exact) mass is 406 g/mol. The lowest BCUT2D eigenvalue weighted by molar-refractivity contribution is -0.127. The van der Waals surface area contributed by atoms with E-state index in [2.05, 4.69) is 10.9 Å². The number of carbonyl (C=O) groups is 2. The second-order valence-electron chi connectivity index (χ2n) is 6.03. The second kappa shape index (κ2) is 10.6. The molecule has 0 radical (unpaired) electrons. The molecule has 2 amide bonds. The maximum Gasteiger partial charge on any atom is 0.248 e. The molecule has 0 aliphatic heterocycles. The molecule has 0 aliphatic carbocycles. The third kappa shape index (κ3) is 6.45. The number of aryl methyl sites for hydroxylation is 1. The first-order chi connectivity index (χ1) is 13.4. The van der Waals surface area contributed by atoms with Crippen LogP contribution in [0.5, 0.6) is 11.5 Å². The number of methoxy groups -OCH3 is 2. The van der Waals surface area contributed by atoms with Crippen molar-refractivity contribution in [1.29, 1.82) is 0 Å². The smallest absolute Gasteiger partial charge is 0.248 e. The third-order valence-electron chi connectivity index (χ3n) is 3.95. The molecule has 0 saturated heterocycles. The normalized spacial score (nSPS) is 10.3. The maximum atomic E-state index is 12.9. The number of carbonyl (C=O) groups excluding carboxylic acids is 2. The summed E-state index contributed by atoms with van der Waals surface area (Å²) in [6, 6.07) is 9.41. The van der Waals surface area contributed by atoms with Gasteiger partial charge in [-0.05, 0) is 47.9 Å². The van der Waals surface area contributed by atoms with Crippen LogP contribution < -0.4 is 20.3 Å². The summed E-state index contributed by atoms with van der Waals surface area (Å²) in [7, 11) is 3.16. The van der Waals surface area contributed by atoms with Gasteiger partial charge >= 0.3 is 0 Å². The van der Waals surface area contributed by atoms with Crippen LogP contribution in [0.2, 0.25) is 0 Å². The minimum atomic E-state index is -0.374. The molecular weight excluding hydrogens is 383 g/mol. The largest absolute Gasteiger partial charge is 0.493 e. The van der Waals surface area contributed by atoms with Crippen LogP contribution in [0.15, 0.2) is 36.4 Å². The highest BCUT2D eigenvalue weighted by molar-refractivity contribution is 7.99. The first-order valence-corrected chi connectivity index (χ1v) is 9.69. The van der Waals surface area contributed by atoms with Crippen molar-refractivity contribution in [2.75, 3.05) is 20.0 Å². The zero-order valence-electron chi connectivity index (χ0n) is 16.0. The molecule has 6 nitrogen and oxygen atoms in total. The third-order valence-corrected chi connectivity index (χ3v) is 4.93. The number of hydrogen-bond donors (Lipinski definition) is 2. The lowest BCUT2D eigenvalue weighted by atomic mass is 10.1. The highest BCUT2D eigenvalue weighted by atomic mass is 32.2. The Kier molecular flexibility index (Phi) is 8.13. The molecule has 28 heavy (non-hydrogen) atoms. The van der Waals surface area contributed by atoms with Gasteiger partial charge in [0, 0.05) is 5.75 Å². The summed E-state index contributed by atoms with van der Waals surface area (Å²) in [6.45, 7) is 1.97. The number of rotatable bonds is 8. The summed E-state index contributed by atoms with van der Waals surface area (Å²) >= 11 is 1.42. The van der Waals surface area contributed by atoms with Gasteiger partial charge in [-0.3, -0.25) is 20.4 Å². The standard InChI is InChI=1S/C20H23FN2O4S/c1-13-8-17(26-2)18(27-3)10-15(13)11-28-12-20(25)23-22-19(24)9-14-4-6-16(21)7-5-14/h4-8,10H,9,11-12H2,1-3H3,(H,22,24)(H,23,25). The van der Waals surface area contributed by atoms with Crippen molar-refractivity contribution in [2.24, 2.45) is 0 Å². The van der Waals surface area contributed by atoms with Crippen molar-refractivity contribution in [3.63, 3.8) is 0 Å². The fourth-order valence-corrected chi connectivity index (χ4v) is 3.33. The molecule has 0 heterocycles. The predicted octanol–water partition coefficient (Wildman–Crippen LogP) is 2.77. The van der Waals surface area contributed by atoms with E-state index in [1.165, 1.54) is 36.0 Å². The number of halogens is 1. The van der Waals surface area contributed by atoms with Crippen molar-refractivity contribution in [1.82, 2.24) is 10.9 Å². The van der Waals surface area contributed by atoms with Crippen molar-refractivity contribution < 1.29 is 23.5 Å².